The van der Waals surface area contributed by atoms with Crippen molar-refractivity contribution < 1.29 is 18.8 Å². The number of ether oxygens (including phenoxy) is 2. The maximum Gasteiger partial charge on any atom is 0.292 e. The Balaban J connectivity index is 1.30. The van der Waals surface area contributed by atoms with Crippen molar-refractivity contribution in [3.05, 3.63) is 33.6 Å². The number of aryl methyl sites for hydroxylation is 2. The van der Waals surface area contributed by atoms with Gasteiger partial charge in [-0.1, -0.05) is 5.16 Å². The summed E-state index contributed by atoms with van der Waals surface area (Å²) < 4.78 is 17.1. The zero-order valence-corrected chi connectivity index (χ0v) is 15.2. The first-order valence-electron chi connectivity index (χ1n) is 8.42. The molecule has 0 saturated carbocycles. The van der Waals surface area contributed by atoms with Crippen LogP contribution in [0.2, 0.25) is 0 Å². The number of hydrogen-bond donors (Lipinski definition) is 0. The summed E-state index contributed by atoms with van der Waals surface area (Å²) in [6.07, 6.45) is 1.82. The number of carbonyl (C=O) groups is 1. The minimum Gasteiger partial charge on any atom is -0.372 e. The van der Waals surface area contributed by atoms with Crippen molar-refractivity contribution in [3.8, 4) is 0 Å². The van der Waals surface area contributed by atoms with E-state index in [-0.39, 0.29) is 23.4 Å². The van der Waals surface area contributed by atoms with Crippen molar-refractivity contribution in [2.45, 2.75) is 45.0 Å². The summed E-state index contributed by atoms with van der Waals surface area (Å²) >= 11 is 1.64. The molecule has 0 aromatic carbocycles. The van der Waals surface area contributed by atoms with Crippen molar-refractivity contribution in [2.75, 3.05) is 19.7 Å². The SMILES string of the molecule is Cc1cc(C(=O)N2CC3(C[C@@H](OCc4csc(C)n4)CCO3)C2)on1. The van der Waals surface area contributed by atoms with E-state index in [4.69, 9.17) is 14.0 Å². The second-order valence-corrected chi connectivity index (χ2v) is 7.87. The molecule has 1 spiro atoms. The van der Waals surface area contributed by atoms with Gasteiger partial charge in [0.15, 0.2) is 0 Å². The zero-order valence-electron chi connectivity index (χ0n) is 14.4. The van der Waals surface area contributed by atoms with Crippen LogP contribution < -0.4 is 0 Å². The Labute approximate surface area is 149 Å². The molecule has 2 aromatic heterocycles. The third-order valence-corrected chi connectivity index (χ3v) is 5.49. The molecule has 4 rings (SSSR count). The van der Waals surface area contributed by atoms with E-state index in [1.54, 1.807) is 29.2 Å². The molecule has 2 aromatic rings. The summed E-state index contributed by atoms with van der Waals surface area (Å²) in [5, 5.41) is 6.86. The summed E-state index contributed by atoms with van der Waals surface area (Å²) in [4.78, 5) is 18.5. The predicted octanol–water partition coefficient (Wildman–Crippen LogP) is 2.34. The standard InChI is InChI=1S/C17H21N3O4S/c1-11-5-15(24-19-11)16(21)20-9-17(10-20)6-14(3-4-23-17)22-7-13-8-25-12(2)18-13/h5,8,14H,3-4,6-7,9-10H2,1-2H3/t14-/m0/s1. The summed E-state index contributed by atoms with van der Waals surface area (Å²) in [6, 6.07) is 1.66. The van der Waals surface area contributed by atoms with E-state index >= 15 is 0 Å². The van der Waals surface area contributed by atoms with Gasteiger partial charge in [-0.2, -0.15) is 0 Å². The van der Waals surface area contributed by atoms with Crippen LogP contribution in [0.3, 0.4) is 0 Å². The minimum absolute atomic E-state index is 0.129. The summed E-state index contributed by atoms with van der Waals surface area (Å²) in [6.45, 7) is 6.12. The van der Waals surface area contributed by atoms with Crippen LogP contribution in [-0.4, -0.2) is 52.3 Å². The molecule has 7 nitrogen and oxygen atoms in total. The number of nitrogens with zero attached hydrogens (tertiary/aromatic N) is 3. The first-order chi connectivity index (χ1) is 12.0. The van der Waals surface area contributed by atoms with E-state index in [9.17, 15) is 4.79 Å². The quantitative estimate of drug-likeness (QED) is 0.830. The molecule has 0 bridgehead atoms. The van der Waals surface area contributed by atoms with Gasteiger partial charge < -0.3 is 18.9 Å². The number of hydrogen-bond acceptors (Lipinski definition) is 7. The number of rotatable bonds is 4. The average Bonchev–Trinajstić information content (AvgIpc) is 3.18. The maximum absolute atomic E-state index is 12.4. The Hall–Kier alpha value is -1.77. The van der Waals surface area contributed by atoms with E-state index in [0.717, 1.165) is 23.5 Å². The predicted molar refractivity (Wildman–Crippen MR) is 90.5 cm³/mol. The highest BCUT2D eigenvalue weighted by molar-refractivity contribution is 7.09. The lowest BCUT2D eigenvalue weighted by Crippen LogP contribution is -2.67. The van der Waals surface area contributed by atoms with Crippen LogP contribution in [0.15, 0.2) is 16.0 Å². The molecule has 2 aliphatic rings. The third-order valence-electron chi connectivity index (χ3n) is 4.67. The molecular formula is C17H21N3O4S. The fourth-order valence-corrected chi connectivity index (χ4v) is 4.03. The molecular weight excluding hydrogens is 342 g/mol. The monoisotopic (exact) mass is 363 g/mol. The first kappa shape index (κ1) is 16.7. The van der Waals surface area contributed by atoms with E-state index in [2.05, 4.69) is 10.1 Å². The Morgan fingerprint density at radius 1 is 1.48 bits per heavy atom. The van der Waals surface area contributed by atoms with Crippen molar-refractivity contribution >= 4 is 17.2 Å². The number of aromatic nitrogens is 2. The van der Waals surface area contributed by atoms with Gasteiger partial charge in [-0.25, -0.2) is 4.98 Å². The molecule has 1 atom stereocenters. The number of likely N-dealkylation sites (tertiary alicyclic amines) is 1. The van der Waals surface area contributed by atoms with Crippen LogP contribution in [0.4, 0.5) is 0 Å². The summed E-state index contributed by atoms with van der Waals surface area (Å²) in [5.41, 5.74) is 1.40. The van der Waals surface area contributed by atoms with Gasteiger partial charge in [-0.3, -0.25) is 4.79 Å². The second kappa shape index (κ2) is 6.51. The molecule has 0 aliphatic carbocycles. The van der Waals surface area contributed by atoms with Gasteiger partial charge >= 0.3 is 0 Å². The molecule has 2 saturated heterocycles. The molecule has 2 fully saturated rings. The lowest BCUT2D eigenvalue weighted by Gasteiger charge is -2.52. The fraction of sp³-hybridized carbons (Fsp3) is 0.588. The largest absolute Gasteiger partial charge is 0.372 e. The highest BCUT2D eigenvalue weighted by atomic mass is 32.1. The number of thiazole rings is 1. The van der Waals surface area contributed by atoms with Crippen LogP contribution in [0.25, 0.3) is 0 Å². The van der Waals surface area contributed by atoms with Gasteiger partial charge in [0.25, 0.3) is 5.91 Å². The fourth-order valence-electron chi connectivity index (χ4n) is 3.44. The van der Waals surface area contributed by atoms with Crippen LogP contribution in [0.5, 0.6) is 0 Å². The molecule has 0 N–H and O–H groups in total. The highest BCUT2D eigenvalue weighted by Crippen LogP contribution is 2.36. The maximum atomic E-state index is 12.4. The van der Waals surface area contributed by atoms with Crippen molar-refractivity contribution in [1.82, 2.24) is 15.0 Å². The normalized spacial score (nSPS) is 22.2. The topological polar surface area (TPSA) is 77.7 Å². The van der Waals surface area contributed by atoms with E-state index < -0.39 is 0 Å². The molecule has 134 valence electrons. The molecule has 0 radical (unpaired) electrons. The second-order valence-electron chi connectivity index (χ2n) is 6.81. The van der Waals surface area contributed by atoms with Gasteiger partial charge in [0.1, 0.15) is 5.60 Å². The van der Waals surface area contributed by atoms with E-state index in [1.807, 2.05) is 12.3 Å². The minimum atomic E-state index is -0.286. The molecule has 2 aliphatic heterocycles. The van der Waals surface area contributed by atoms with Gasteiger partial charge in [0.05, 0.1) is 42.2 Å². The molecule has 0 unspecified atom stereocenters. The smallest absolute Gasteiger partial charge is 0.292 e. The molecule has 1 amide bonds. The molecule has 25 heavy (non-hydrogen) atoms. The zero-order chi connectivity index (χ0) is 17.4. The van der Waals surface area contributed by atoms with Crippen molar-refractivity contribution in [2.24, 2.45) is 0 Å². The van der Waals surface area contributed by atoms with Crippen LogP contribution in [-0.2, 0) is 16.1 Å². The van der Waals surface area contributed by atoms with Crippen molar-refractivity contribution in [3.63, 3.8) is 0 Å². The summed E-state index contributed by atoms with van der Waals surface area (Å²) in [5.74, 6) is 0.158. The van der Waals surface area contributed by atoms with Gasteiger partial charge in [-0.05, 0) is 20.3 Å². The Kier molecular flexibility index (Phi) is 4.35. The summed E-state index contributed by atoms with van der Waals surface area (Å²) in [7, 11) is 0. The van der Waals surface area contributed by atoms with Crippen LogP contribution >= 0.6 is 11.3 Å². The number of amides is 1. The van der Waals surface area contributed by atoms with Crippen molar-refractivity contribution in [1.29, 1.82) is 0 Å². The van der Waals surface area contributed by atoms with Gasteiger partial charge in [0.2, 0.25) is 5.76 Å². The average molecular weight is 363 g/mol. The van der Waals surface area contributed by atoms with Gasteiger partial charge in [-0.15, -0.1) is 11.3 Å². The third kappa shape index (κ3) is 3.47. The van der Waals surface area contributed by atoms with Crippen LogP contribution in [0, 0.1) is 13.8 Å². The first-order valence-corrected chi connectivity index (χ1v) is 9.30. The highest BCUT2D eigenvalue weighted by Gasteiger charge is 2.50. The van der Waals surface area contributed by atoms with E-state index in [1.165, 1.54) is 0 Å². The lowest BCUT2D eigenvalue weighted by molar-refractivity contribution is -0.188. The number of carbonyl (C=O) groups excluding carboxylic acids is 1. The Bertz CT molecular complexity index is 766. The lowest BCUT2D eigenvalue weighted by atomic mass is 9.84. The molecule has 4 heterocycles. The van der Waals surface area contributed by atoms with Crippen LogP contribution in [0.1, 0.15) is 39.8 Å². The Morgan fingerprint density at radius 3 is 3.00 bits per heavy atom. The molecule has 8 heteroatoms. The van der Waals surface area contributed by atoms with E-state index in [0.29, 0.717) is 32.0 Å². The van der Waals surface area contributed by atoms with Gasteiger partial charge in [0, 0.05) is 24.5 Å². The Morgan fingerprint density at radius 2 is 2.32 bits per heavy atom.